The third-order valence-electron chi connectivity index (χ3n) is 1.43. The van der Waals surface area contributed by atoms with Crippen molar-refractivity contribution in [2.45, 2.75) is 32.9 Å². The second kappa shape index (κ2) is 9.62. The van der Waals surface area contributed by atoms with Crippen molar-refractivity contribution in [3.8, 4) is 0 Å². The van der Waals surface area contributed by atoms with E-state index in [0.717, 1.165) is 0 Å². The molecule has 7 heteroatoms. The van der Waals surface area contributed by atoms with Crippen molar-refractivity contribution in [2.75, 3.05) is 13.2 Å². The zero-order valence-corrected chi connectivity index (χ0v) is 12.1. The van der Waals surface area contributed by atoms with Gasteiger partial charge < -0.3 is 22.4 Å². The van der Waals surface area contributed by atoms with E-state index in [0.29, 0.717) is 13.2 Å². The Labute approximate surface area is 125 Å². The van der Waals surface area contributed by atoms with Crippen molar-refractivity contribution in [3.63, 3.8) is 0 Å². The Bertz CT molecular complexity index is 129. The molecule has 0 aliphatic heterocycles. The van der Waals surface area contributed by atoms with Crippen LogP contribution in [0.15, 0.2) is 0 Å². The van der Waals surface area contributed by atoms with Crippen LogP contribution in [0.25, 0.3) is 0 Å². The minimum Gasteiger partial charge on any atom is -0.449 e. The Morgan fingerprint density at radius 2 is 1.50 bits per heavy atom. The van der Waals surface area contributed by atoms with Crippen molar-refractivity contribution in [1.82, 2.24) is 0 Å². The zero-order chi connectivity index (χ0) is 10.3. The summed E-state index contributed by atoms with van der Waals surface area (Å²) < 4.78 is 45.5. The first-order valence-corrected chi connectivity index (χ1v) is 4.43. The molecule has 0 radical (unpaired) electrons. The molecule has 0 aliphatic carbocycles. The maximum Gasteiger partial charge on any atom is 1.00 e. The Morgan fingerprint density at radius 1 is 1.07 bits per heavy atom. The molecule has 0 heterocycles. The predicted molar refractivity (Wildman–Crippen MR) is 45.5 cm³/mol. The minimum absolute atomic E-state index is 0. The number of rotatable bonds is 7. The molecular formula is C7H15BF3KO2. The Hall–Kier alpha value is 1.41. The SMILES string of the molecule is CCOC(CC[B-](F)(F)F)OCC.[K+]. The van der Waals surface area contributed by atoms with Crippen LogP contribution in [0.2, 0.25) is 6.32 Å². The first kappa shape index (κ1) is 17.8. The fourth-order valence-electron chi connectivity index (χ4n) is 0.912. The van der Waals surface area contributed by atoms with Crippen LogP contribution in [0.1, 0.15) is 20.3 Å². The largest absolute Gasteiger partial charge is 1.00 e. The van der Waals surface area contributed by atoms with Gasteiger partial charge in [0, 0.05) is 13.2 Å². The third kappa shape index (κ3) is 11.5. The standard InChI is InChI=1S/C7H15BF3O2.K/c1-3-12-7(13-4-2)5-6-8(9,10)11;/h7H,3-6H2,1-2H3;/q-1;+1. The Balaban J connectivity index is 0. The summed E-state index contributed by atoms with van der Waals surface area (Å²) in [6.45, 7) is -0.525. The average molecular weight is 238 g/mol. The molecular weight excluding hydrogens is 223 g/mol. The van der Waals surface area contributed by atoms with E-state index in [1.54, 1.807) is 13.8 Å². The molecule has 0 aromatic rings. The van der Waals surface area contributed by atoms with Gasteiger partial charge in [-0.25, -0.2) is 0 Å². The van der Waals surface area contributed by atoms with Gasteiger partial charge in [-0.15, -0.1) is 0 Å². The van der Waals surface area contributed by atoms with Crippen LogP contribution < -0.4 is 51.4 Å². The van der Waals surface area contributed by atoms with Gasteiger partial charge >= 0.3 is 58.4 Å². The second-order valence-electron chi connectivity index (χ2n) is 2.63. The molecule has 0 saturated carbocycles. The third-order valence-corrected chi connectivity index (χ3v) is 1.43. The average Bonchev–Trinajstić information content (AvgIpc) is 2.00. The monoisotopic (exact) mass is 238 g/mol. The number of hydrogen-bond acceptors (Lipinski definition) is 2. The van der Waals surface area contributed by atoms with Crippen LogP contribution in [0, 0.1) is 0 Å². The molecule has 2 nitrogen and oxygen atoms in total. The summed E-state index contributed by atoms with van der Waals surface area (Å²) in [7, 11) is 0. The fraction of sp³-hybridized carbons (Fsp3) is 1.00. The molecule has 0 unspecified atom stereocenters. The van der Waals surface area contributed by atoms with Gasteiger partial charge in [-0.1, -0.05) is 6.32 Å². The van der Waals surface area contributed by atoms with Crippen LogP contribution >= 0.6 is 0 Å². The second-order valence-corrected chi connectivity index (χ2v) is 2.63. The minimum atomic E-state index is -4.72. The van der Waals surface area contributed by atoms with Gasteiger partial charge in [-0.05, 0) is 20.3 Å². The molecule has 0 spiro atoms. The maximum absolute atomic E-state index is 11.8. The smallest absolute Gasteiger partial charge is 0.449 e. The normalized spacial score (nSPS) is 11.6. The predicted octanol–water partition coefficient (Wildman–Crippen LogP) is -0.373. The van der Waals surface area contributed by atoms with E-state index in [-0.39, 0.29) is 57.8 Å². The molecule has 0 aromatic heterocycles. The van der Waals surface area contributed by atoms with Crippen molar-refractivity contribution in [1.29, 1.82) is 0 Å². The van der Waals surface area contributed by atoms with Gasteiger partial charge in [-0.3, -0.25) is 0 Å². The van der Waals surface area contributed by atoms with E-state index >= 15 is 0 Å². The molecule has 0 aliphatic rings. The van der Waals surface area contributed by atoms with Crippen molar-refractivity contribution in [3.05, 3.63) is 0 Å². The van der Waals surface area contributed by atoms with Crippen molar-refractivity contribution in [2.24, 2.45) is 0 Å². The van der Waals surface area contributed by atoms with Crippen molar-refractivity contribution < 1.29 is 73.8 Å². The number of hydrogen-bond donors (Lipinski definition) is 0. The first-order valence-electron chi connectivity index (χ1n) is 4.43. The van der Waals surface area contributed by atoms with Gasteiger partial charge in [0.25, 0.3) is 0 Å². The van der Waals surface area contributed by atoms with E-state index < -0.39 is 19.6 Å². The number of halogens is 3. The van der Waals surface area contributed by atoms with Crippen LogP contribution in [-0.4, -0.2) is 26.5 Å². The summed E-state index contributed by atoms with van der Waals surface area (Å²) in [5, 5.41) is 0. The molecule has 0 bridgehead atoms. The molecule has 0 aromatic carbocycles. The summed E-state index contributed by atoms with van der Waals surface area (Å²) in [5.74, 6) is 0. The Kier molecular flexibility index (Phi) is 12.2. The summed E-state index contributed by atoms with van der Waals surface area (Å²) >= 11 is 0. The summed E-state index contributed by atoms with van der Waals surface area (Å²) in [6.07, 6.45) is -1.62. The van der Waals surface area contributed by atoms with Gasteiger partial charge in [-0.2, -0.15) is 0 Å². The molecule has 0 rings (SSSR count). The molecule has 14 heavy (non-hydrogen) atoms. The molecule has 80 valence electrons. The molecule has 0 N–H and O–H groups in total. The van der Waals surface area contributed by atoms with Gasteiger partial charge in [0.15, 0.2) is 6.29 Å². The van der Waals surface area contributed by atoms with E-state index in [1.807, 2.05) is 0 Å². The van der Waals surface area contributed by atoms with E-state index in [1.165, 1.54) is 0 Å². The van der Waals surface area contributed by atoms with E-state index in [2.05, 4.69) is 0 Å². The van der Waals surface area contributed by atoms with Crippen LogP contribution in [0.5, 0.6) is 0 Å². The molecule has 0 atom stereocenters. The van der Waals surface area contributed by atoms with E-state index in [4.69, 9.17) is 9.47 Å². The maximum atomic E-state index is 11.8. The Morgan fingerprint density at radius 3 is 1.79 bits per heavy atom. The summed E-state index contributed by atoms with van der Waals surface area (Å²) in [5.41, 5.74) is 0. The van der Waals surface area contributed by atoms with Gasteiger partial charge in [0.2, 0.25) is 0 Å². The van der Waals surface area contributed by atoms with Gasteiger partial charge in [0.05, 0.1) is 0 Å². The van der Waals surface area contributed by atoms with Crippen LogP contribution in [-0.2, 0) is 9.47 Å². The quantitative estimate of drug-likeness (QED) is 0.445. The topological polar surface area (TPSA) is 18.5 Å². The summed E-state index contributed by atoms with van der Waals surface area (Å²) in [6, 6.07) is 0. The molecule has 0 fully saturated rings. The van der Waals surface area contributed by atoms with E-state index in [9.17, 15) is 12.9 Å². The molecule has 0 saturated heterocycles. The molecule has 0 amide bonds. The van der Waals surface area contributed by atoms with Crippen molar-refractivity contribution >= 4 is 6.98 Å². The zero-order valence-electron chi connectivity index (χ0n) is 8.93. The fourth-order valence-corrected chi connectivity index (χ4v) is 0.912. The van der Waals surface area contributed by atoms with Gasteiger partial charge in [0.1, 0.15) is 0 Å². The van der Waals surface area contributed by atoms with Crippen LogP contribution in [0.4, 0.5) is 12.9 Å². The van der Waals surface area contributed by atoms with Crippen LogP contribution in [0.3, 0.4) is 0 Å². The summed E-state index contributed by atoms with van der Waals surface area (Å²) in [4.78, 5) is 0. The first-order chi connectivity index (χ1) is 5.99. The number of ether oxygens (including phenoxy) is 2.